The fraction of sp³-hybridized carbons (Fsp3) is 1.00. The lowest BCUT2D eigenvalue weighted by molar-refractivity contribution is 0.186. The second-order valence-corrected chi connectivity index (χ2v) is 5.38. The molecule has 1 atom stereocenters. The van der Waals surface area contributed by atoms with E-state index in [1.54, 1.807) is 6.92 Å². The number of hydrogen-bond donors (Lipinski definition) is 4. The molecule has 1 unspecified atom stereocenters. The van der Waals surface area contributed by atoms with E-state index in [2.05, 4.69) is 5.32 Å². The molecule has 0 rings (SSSR count). The second kappa shape index (κ2) is 11.2. The Balaban J connectivity index is 0. The first kappa shape index (κ1) is 18.1. The van der Waals surface area contributed by atoms with Gasteiger partial charge < -0.3 is 20.6 Å². The van der Waals surface area contributed by atoms with Gasteiger partial charge in [-0.15, -0.1) is 0 Å². The van der Waals surface area contributed by atoms with E-state index in [1.807, 2.05) is 0 Å². The molecule has 0 aromatic carbocycles. The average molecular weight is 283 g/mol. The molecule has 4 N–H and O–H groups in total. The lowest BCUT2D eigenvalue weighted by Gasteiger charge is -2.11. The molecule has 0 aliphatic carbocycles. The van der Waals surface area contributed by atoms with Gasteiger partial charge in [0.1, 0.15) is 0 Å². The SMILES string of the molecule is CC(O)CC(Cl)(Cl)Cl.OCCNCCO. The highest BCUT2D eigenvalue weighted by Gasteiger charge is 2.21. The summed E-state index contributed by atoms with van der Waals surface area (Å²) in [5.41, 5.74) is 0. The molecular formula is C8H18Cl3NO3. The second-order valence-electron chi connectivity index (χ2n) is 2.87. The smallest absolute Gasteiger partial charge is 0.193 e. The van der Waals surface area contributed by atoms with E-state index >= 15 is 0 Å². The van der Waals surface area contributed by atoms with Crippen LogP contribution in [0.15, 0.2) is 0 Å². The van der Waals surface area contributed by atoms with E-state index in [4.69, 9.17) is 50.1 Å². The van der Waals surface area contributed by atoms with Gasteiger partial charge in [-0.3, -0.25) is 0 Å². The predicted octanol–water partition coefficient (Wildman–Crippen LogP) is 0.688. The topological polar surface area (TPSA) is 72.7 Å². The number of halogens is 3. The minimum absolute atomic E-state index is 0.139. The third-order valence-corrected chi connectivity index (χ3v) is 1.57. The summed E-state index contributed by atoms with van der Waals surface area (Å²) in [7, 11) is 0. The number of nitrogens with one attached hydrogen (secondary N) is 1. The molecule has 0 aliphatic heterocycles. The van der Waals surface area contributed by atoms with E-state index < -0.39 is 9.90 Å². The first-order chi connectivity index (χ1) is 6.83. The van der Waals surface area contributed by atoms with Crippen LogP contribution in [0.1, 0.15) is 13.3 Å². The van der Waals surface area contributed by atoms with Crippen LogP contribution in [-0.4, -0.2) is 51.5 Å². The highest BCUT2D eigenvalue weighted by atomic mass is 35.6. The fourth-order valence-corrected chi connectivity index (χ4v) is 1.29. The Morgan fingerprint density at radius 1 is 1.13 bits per heavy atom. The van der Waals surface area contributed by atoms with E-state index in [-0.39, 0.29) is 19.6 Å². The molecule has 4 nitrogen and oxygen atoms in total. The first-order valence-electron chi connectivity index (χ1n) is 4.50. The van der Waals surface area contributed by atoms with Crippen LogP contribution >= 0.6 is 34.8 Å². The molecule has 0 aromatic heterocycles. The standard InChI is InChI=1S/C4H7Cl3O.C4H11NO2/c1-3(8)2-4(5,6)7;6-3-1-5-2-4-7/h3,8H,2H2,1H3;5-7H,1-4H2. The van der Waals surface area contributed by atoms with Gasteiger partial charge in [-0.25, -0.2) is 0 Å². The number of aliphatic hydroxyl groups is 3. The Morgan fingerprint density at radius 3 is 1.67 bits per heavy atom. The zero-order chi connectivity index (χ0) is 12.3. The summed E-state index contributed by atoms with van der Waals surface area (Å²) < 4.78 is -1.31. The molecule has 0 bridgehead atoms. The number of hydrogen-bond acceptors (Lipinski definition) is 4. The van der Waals surface area contributed by atoms with Gasteiger partial charge in [0.05, 0.1) is 19.3 Å². The van der Waals surface area contributed by atoms with Crippen LogP contribution in [0, 0.1) is 0 Å². The minimum atomic E-state index is -1.31. The molecule has 7 heteroatoms. The average Bonchev–Trinajstić information content (AvgIpc) is 2.01. The summed E-state index contributed by atoms with van der Waals surface area (Å²) in [5, 5.41) is 27.7. The van der Waals surface area contributed by atoms with Crippen LogP contribution in [0.3, 0.4) is 0 Å². The van der Waals surface area contributed by atoms with Crippen molar-refractivity contribution in [3.63, 3.8) is 0 Å². The van der Waals surface area contributed by atoms with Crippen LogP contribution in [0.2, 0.25) is 0 Å². The van der Waals surface area contributed by atoms with Crippen molar-refractivity contribution in [1.29, 1.82) is 0 Å². The normalized spacial score (nSPS) is 13.0. The van der Waals surface area contributed by atoms with Gasteiger partial charge in [0.25, 0.3) is 0 Å². The van der Waals surface area contributed by atoms with Crippen molar-refractivity contribution in [2.45, 2.75) is 23.2 Å². The zero-order valence-electron chi connectivity index (χ0n) is 8.59. The molecule has 0 radical (unpaired) electrons. The molecule has 0 aliphatic rings. The Kier molecular flexibility index (Phi) is 13.5. The highest BCUT2D eigenvalue weighted by Crippen LogP contribution is 2.30. The van der Waals surface area contributed by atoms with E-state index in [1.165, 1.54) is 0 Å². The Morgan fingerprint density at radius 2 is 1.53 bits per heavy atom. The number of aliphatic hydroxyl groups excluding tert-OH is 3. The van der Waals surface area contributed by atoms with Gasteiger partial charge in [-0.05, 0) is 6.92 Å². The lowest BCUT2D eigenvalue weighted by atomic mass is 10.3. The molecule has 0 aromatic rings. The molecule has 0 spiro atoms. The Hall–Kier alpha value is 0.710. The third-order valence-electron chi connectivity index (χ3n) is 1.10. The molecule has 0 saturated heterocycles. The van der Waals surface area contributed by atoms with Crippen molar-refractivity contribution in [2.75, 3.05) is 26.3 Å². The molecule has 0 amide bonds. The maximum Gasteiger partial charge on any atom is 0.193 e. The zero-order valence-corrected chi connectivity index (χ0v) is 10.9. The summed E-state index contributed by atoms with van der Waals surface area (Å²) >= 11 is 15.9. The van der Waals surface area contributed by atoms with Crippen LogP contribution in [-0.2, 0) is 0 Å². The van der Waals surface area contributed by atoms with Gasteiger partial charge in [0.15, 0.2) is 3.79 Å². The molecular weight excluding hydrogens is 264 g/mol. The van der Waals surface area contributed by atoms with E-state index in [0.29, 0.717) is 13.1 Å². The Bertz CT molecular complexity index is 127. The molecule has 0 saturated carbocycles. The van der Waals surface area contributed by atoms with E-state index in [0.717, 1.165) is 0 Å². The molecule has 0 heterocycles. The van der Waals surface area contributed by atoms with Gasteiger partial charge in [-0.2, -0.15) is 0 Å². The first-order valence-corrected chi connectivity index (χ1v) is 5.64. The summed E-state index contributed by atoms with van der Waals surface area (Å²) in [4.78, 5) is 0. The van der Waals surface area contributed by atoms with Gasteiger partial charge >= 0.3 is 0 Å². The molecule has 15 heavy (non-hydrogen) atoms. The van der Waals surface area contributed by atoms with Crippen LogP contribution in [0.25, 0.3) is 0 Å². The van der Waals surface area contributed by atoms with Crippen LogP contribution in [0.4, 0.5) is 0 Å². The van der Waals surface area contributed by atoms with E-state index in [9.17, 15) is 0 Å². The van der Waals surface area contributed by atoms with Gasteiger partial charge in [0.2, 0.25) is 0 Å². The van der Waals surface area contributed by atoms with Gasteiger partial charge in [0, 0.05) is 19.5 Å². The summed E-state index contributed by atoms with van der Waals surface area (Å²) in [6.07, 6.45) is -0.375. The third kappa shape index (κ3) is 25.2. The maximum atomic E-state index is 8.63. The monoisotopic (exact) mass is 281 g/mol. The lowest BCUT2D eigenvalue weighted by Crippen LogP contribution is -2.21. The summed E-state index contributed by atoms with van der Waals surface area (Å²) in [6.45, 7) is 2.99. The summed E-state index contributed by atoms with van der Waals surface area (Å²) in [6, 6.07) is 0. The van der Waals surface area contributed by atoms with Crippen LogP contribution in [0.5, 0.6) is 0 Å². The highest BCUT2D eigenvalue weighted by molar-refractivity contribution is 6.67. The molecule has 0 fully saturated rings. The quantitative estimate of drug-likeness (QED) is 0.442. The van der Waals surface area contributed by atoms with Crippen molar-refractivity contribution in [3.8, 4) is 0 Å². The van der Waals surface area contributed by atoms with Crippen molar-refractivity contribution in [2.24, 2.45) is 0 Å². The summed E-state index contributed by atoms with van der Waals surface area (Å²) in [5.74, 6) is 0. The Labute approximate surface area is 105 Å². The maximum absolute atomic E-state index is 8.63. The van der Waals surface area contributed by atoms with Crippen molar-refractivity contribution < 1.29 is 15.3 Å². The molecule has 94 valence electrons. The number of rotatable bonds is 5. The van der Waals surface area contributed by atoms with Crippen LogP contribution < -0.4 is 5.32 Å². The van der Waals surface area contributed by atoms with Crippen molar-refractivity contribution in [3.05, 3.63) is 0 Å². The largest absolute Gasteiger partial charge is 0.395 e. The predicted molar refractivity (Wildman–Crippen MR) is 63.6 cm³/mol. The van der Waals surface area contributed by atoms with Gasteiger partial charge in [-0.1, -0.05) is 34.8 Å². The number of alkyl halides is 3. The van der Waals surface area contributed by atoms with Crippen molar-refractivity contribution >= 4 is 34.8 Å². The minimum Gasteiger partial charge on any atom is -0.395 e. The van der Waals surface area contributed by atoms with Crippen molar-refractivity contribution in [1.82, 2.24) is 5.32 Å². The fourth-order valence-electron chi connectivity index (χ4n) is 0.618.